The number of cyclic esters (lactones) is 1. The minimum Gasteiger partial charge on any atom is -0.464 e. The second kappa shape index (κ2) is 9.84. The molecule has 2 fully saturated rings. The first-order valence-corrected chi connectivity index (χ1v) is 9.97. The maximum Gasteiger partial charge on any atom is 0.326 e. The monoisotopic (exact) mass is 405 g/mol. The summed E-state index contributed by atoms with van der Waals surface area (Å²) in [6.07, 6.45) is 0.855. The van der Waals surface area contributed by atoms with Crippen molar-refractivity contribution in [3.05, 3.63) is 35.9 Å². The van der Waals surface area contributed by atoms with Crippen molar-refractivity contribution in [3.8, 4) is 0 Å². The number of rotatable bonds is 8. The molecule has 0 spiro atoms. The highest BCUT2D eigenvalue weighted by Gasteiger charge is 2.56. The van der Waals surface area contributed by atoms with Crippen LogP contribution in [0, 0.1) is 5.92 Å². The van der Waals surface area contributed by atoms with Gasteiger partial charge in [-0.05, 0) is 12.0 Å². The third-order valence-corrected chi connectivity index (χ3v) is 5.01. The maximum absolute atomic E-state index is 12.8. The number of hydrogen-bond acceptors (Lipinski definition) is 8. The summed E-state index contributed by atoms with van der Waals surface area (Å²) in [6.45, 7) is 3.91. The Morgan fingerprint density at radius 1 is 1.21 bits per heavy atom. The molecule has 0 radical (unpaired) electrons. The number of hydroxylamine groups is 2. The van der Waals surface area contributed by atoms with E-state index in [0.29, 0.717) is 19.6 Å². The normalized spacial score (nSPS) is 26.5. The molecule has 0 unspecified atom stereocenters. The zero-order valence-corrected chi connectivity index (χ0v) is 16.7. The molecule has 3 rings (SSSR count). The number of carbonyl (C=O) groups is 3. The predicted molar refractivity (Wildman–Crippen MR) is 101 cm³/mol. The molecule has 0 N–H and O–H groups in total. The minimum absolute atomic E-state index is 0.0298. The van der Waals surface area contributed by atoms with Crippen LogP contribution in [0.25, 0.3) is 0 Å². The molecule has 8 nitrogen and oxygen atoms in total. The van der Waals surface area contributed by atoms with Crippen LogP contribution in [0.15, 0.2) is 30.3 Å². The van der Waals surface area contributed by atoms with Crippen LogP contribution in [0.5, 0.6) is 0 Å². The molecule has 0 aliphatic carbocycles. The molecule has 0 aromatic heterocycles. The number of fused-ring (bicyclic) bond motifs is 1. The van der Waals surface area contributed by atoms with Gasteiger partial charge >= 0.3 is 17.9 Å². The summed E-state index contributed by atoms with van der Waals surface area (Å²) in [5.41, 5.74) is 0.947. The number of ether oxygens (including phenoxy) is 3. The van der Waals surface area contributed by atoms with Gasteiger partial charge in [-0.3, -0.25) is 19.2 Å². The van der Waals surface area contributed by atoms with E-state index in [4.69, 9.17) is 19.0 Å². The molecule has 2 aliphatic rings. The lowest BCUT2D eigenvalue weighted by Crippen LogP contribution is -2.48. The van der Waals surface area contributed by atoms with Crippen molar-refractivity contribution in [1.82, 2.24) is 5.06 Å². The Hall–Kier alpha value is -2.45. The van der Waals surface area contributed by atoms with Crippen LogP contribution in [-0.4, -0.2) is 54.4 Å². The lowest BCUT2D eigenvalue weighted by molar-refractivity contribution is -0.196. The summed E-state index contributed by atoms with van der Waals surface area (Å²) in [7, 11) is 0. The van der Waals surface area contributed by atoms with Crippen molar-refractivity contribution in [2.75, 3.05) is 13.2 Å². The van der Waals surface area contributed by atoms with Crippen molar-refractivity contribution >= 4 is 17.9 Å². The van der Waals surface area contributed by atoms with E-state index in [1.165, 1.54) is 12.0 Å². The van der Waals surface area contributed by atoms with E-state index < -0.39 is 42.1 Å². The van der Waals surface area contributed by atoms with Crippen molar-refractivity contribution in [2.45, 2.75) is 57.9 Å². The predicted octanol–water partition coefficient (Wildman–Crippen LogP) is 2.01. The molecule has 2 heterocycles. The second-order valence-electron chi connectivity index (χ2n) is 7.29. The largest absolute Gasteiger partial charge is 0.464 e. The molecular weight excluding hydrogens is 378 g/mol. The van der Waals surface area contributed by atoms with Gasteiger partial charge in [-0.1, -0.05) is 43.7 Å². The molecule has 1 aromatic carbocycles. The van der Waals surface area contributed by atoms with Crippen LogP contribution in [0.3, 0.4) is 0 Å². The van der Waals surface area contributed by atoms with Gasteiger partial charge in [0.25, 0.3) is 0 Å². The highest BCUT2D eigenvalue weighted by Crippen LogP contribution is 2.37. The highest BCUT2D eigenvalue weighted by atomic mass is 16.7. The van der Waals surface area contributed by atoms with Gasteiger partial charge < -0.3 is 14.2 Å². The summed E-state index contributed by atoms with van der Waals surface area (Å²) in [6, 6.07) is 8.67. The average molecular weight is 405 g/mol. The Balaban J connectivity index is 1.75. The van der Waals surface area contributed by atoms with Crippen molar-refractivity contribution in [1.29, 1.82) is 0 Å². The van der Waals surface area contributed by atoms with E-state index >= 15 is 0 Å². The fraction of sp³-hybridized carbons (Fsp3) is 0.571. The third-order valence-electron chi connectivity index (χ3n) is 5.01. The molecule has 158 valence electrons. The summed E-state index contributed by atoms with van der Waals surface area (Å²) in [5, 5.41) is 1.52. The zero-order chi connectivity index (χ0) is 20.8. The summed E-state index contributed by atoms with van der Waals surface area (Å²) in [5.74, 6) is -2.25. The standard InChI is InChI=1S/C21H27NO7/c1-3-4-10-26-21(25)19-18-17(11-16(28-20(18)24)13-27-14(2)23)29-22(19)12-15-8-6-5-7-9-15/h5-9,16-19H,3-4,10-13H2,1-2H3/t16-,17+,18-,19+/m0/s1. The smallest absolute Gasteiger partial charge is 0.326 e. The van der Waals surface area contributed by atoms with Gasteiger partial charge in [-0.15, -0.1) is 0 Å². The van der Waals surface area contributed by atoms with Crippen LogP contribution in [0.1, 0.15) is 38.7 Å². The Morgan fingerprint density at radius 2 is 1.97 bits per heavy atom. The Kier molecular flexibility index (Phi) is 7.22. The third kappa shape index (κ3) is 5.33. The fourth-order valence-electron chi connectivity index (χ4n) is 3.59. The molecule has 29 heavy (non-hydrogen) atoms. The first-order valence-electron chi connectivity index (χ1n) is 9.97. The van der Waals surface area contributed by atoms with Crippen molar-refractivity contribution < 1.29 is 33.4 Å². The van der Waals surface area contributed by atoms with Crippen LogP contribution in [-0.2, 0) is 40.0 Å². The molecule has 1 aromatic rings. The molecule has 2 saturated heterocycles. The molecule has 8 heteroatoms. The maximum atomic E-state index is 12.8. The van der Waals surface area contributed by atoms with Crippen molar-refractivity contribution in [3.63, 3.8) is 0 Å². The van der Waals surface area contributed by atoms with E-state index in [1.807, 2.05) is 37.3 Å². The molecule has 0 saturated carbocycles. The Labute approximate surface area is 170 Å². The number of hydrogen-bond donors (Lipinski definition) is 0. The number of esters is 3. The van der Waals surface area contributed by atoms with Crippen LogP contribution < -0.4 is 0 Å². The fourth-order valence-corrected chi connectivity index (χ4v) is 3.59. The number of benzene rings is 1. The minimum atomic E-state index is -0.876. The van der Waals surface area contributed by atoms with E-state index in [0.717, 1.165) is 18.4 Å². The van der Waals surface area contributed by atoms with Gasteiger partial charge in [0.05, 0.1) is 19.3 Å². The number of nitrogens with zero attached hydrogens (tertiary/aromatic N) is 1. The highest BCUT2D eigenvalue weighted by molar-refractivity contribution is 5.86. The number of carbonyl (C=O) groups excluding carboxylic acids is 3. The average Bonchev–Trinajstić information content (AvgIpc) is 3.05. The molecule has 4 atom stereocenters. The van der Waals surface area contributed by atoms with Gasteiger partial charge in [-0.2, -0.15) is 5.06 Å². The SMILES string of the molecule is CCCCOC(=O)[C@H]1[C@H]2C(=O)O[C@H](COC(C)=O)C[C@H]2ON1Cc1ccccc1. The summed E-state index contributed by atoms with van der Waals surface area (Å²) < 4.78 is 15.8. The topological polar surface area (TPSA) is 91.4 Å². The summed E-state index contributed by atoms with van der Waals surface area (Å²) in [4.78, 5) is 42.6. The first-order chi connectivity index (χ1) is 14.0. The van der Waals surface area contributed by atoms with Gasteiger partial charge in [0.2, 0.25) is 0 Å². The van der Waals surface area contributed by atoms with E-state index in [9.17, 15) is 14.4 Å². The van der Waals surface area contributed by atoms with Crippen molar-refractivity contribution in [2.24, 2.45) is 5.92 Å². The van der Waals surface area contributed by atoms with E-state index in [2.05, 4.69) is 0 Å². The zero-order valence-electron chi connectivity index (χ0n) is 16.7. The van der Waals surface area contributed by atoms with Gasteiger partial charge in [0, 0.05) is 13.3 Å². The van der Waals surface area contributed by atoms with E-state index in [-0.39, 0.29) is 6.61 Å². The van der Waals surface area contributed by atoms with Gasteiger partial charge in [0.15, 0.2) is 0 Å². The Morgan fingerprint density at radius 3 is 2.66 bits per heavy atom. The molecule has 2 aliphatic heterocycles. The lowest BCUT2D eigenvalue weighted by Gasteiger charge is -2.30. The summed E-state index contributed by atoms with van der Waals surface area (Å²) >= 11 is 0. The molecule has 0 bridgehead atoms. The van der Waals surface area contributed by atoms with Crippen LogP contribution >= 0.6 is 0 Å². The van der Waals surface area contributed by atoms with Crippen LogP contribution in [0.4, 0.5) is 0 Å². The lowest BCUT2D eigenvalue weighted by atomic mass is 9.89. The van der Waals surface area contributed by atoms with E-state index in [1.54, 1.807) is 0 Å². The van der Waals surface area contributed by atoms with Gasteiger partial charge in [-0.25, -0.2) is 0 Å². The van der Waals surface area contributed by atoms with Crippen LogP contribution in [0.2, 0.25) is 0 Å². The first kappa shape index (κ1) is 21.3. The molecular formula is C21H27NO7. The number of unbranched alkanes of at least 4 members (excludes halogenated alkanes) is 1. The molecule has 0 amide bonds. The quantitative estimate of drug-likeness (QED) is 0.369. The Bertz CT molecular complexity index is 723. The second-order valence-corrected chi connectivity index (χ2v) is 7.29. The van der Waals surface area contributed by atoms with Gasteiger partial charge in [0.1, 0.15) is 24.7 Å².